The van der Waals surface area contributed by atoms with Crippen molar-refractivity contribution in [3.8, 4) is 5.75 Å². The molecule has 3 rings (SSSR count). The van der Waals surface area contributed by atoms with Crippen LogP contribution in [0, 0.1) is 17.8 Å². The molecule has 0 heterocycles. The molecular weight excluding hydrogens is 373 g/mol. The maximum absolute atomic E-state index is 12.3. The average molecular weight is 411 g/mol. The number of benzene rings is 1. The second-order valence-electron chi connectivity index (χ2n) is 9.36. The summed E-state index contributed by atoms with van der Waals surface area (Å²) in [6, 6.07) is 6.54. The second-order valence-corrected chi connectivity index (χ2v) is 9.36. The Morgan fingerprint density at radius 1 is 0.793 bits per heavy atom. The number of halogens is 3. The molecule has 1 aromatic rings. The zero-order chi connectivity index (χ0) is 20.7. The SMILES string of the molecule is CCCCCCC1CCC(C2CCC(c3ccc(OC(F)(F)F)cc3)CC2)CC1. The molecule has 2 aliphatic carbocycles. The number of hydrogen-bond donors (Lipinski definition) is 0. The molecule has 0 unspecified atom stereocenters. The van der Waals surface area contributed by atoms with E-state index in [1.54, 1.807) is 0 Å². The fourth-order valence-corrected chi connectivity index (χ4v) is 5.67. The van der Waals surface area contributed by atoms with Crippen LogP contribution < -0.4 is 4.74 Å². The lowest BCUT2D eigenvalue weighted by molar-refractivity contribution is -0.274. The lowest BCUT2D eigenvalue weighted by Gasteiger charge is -2.38. The molecule has 0 aliphatic heterocycles. The molecule has 1 aromatic carbocycles. The Morgan fingerprint density at radius 2 is 1.38 bits per heavy atom. The minimum absolute atomic E-state index is 0.124. The van der Waals surface area contributed by atoms with Gasteiger partial charge >= 0.3 is 6.36 Å². The van der Waals surface area contributed by atoms with Crippen LogP contribution in [-0.2, 0) is 0 Å². The van der Waals surface area contributed by atoms with Crippen molar-refractivity contribution < 1.29 is 17.9 Å². The first-order valence-corrected chi connectivity index (χ1v) is 11.8. The minimum Gasteiger partial charge on any atom is -0.406 e. The third kappa shape index (κ3) is 7.22. The third-order valence-electron chi connectivity index (χ3n) is 7.38. The van der Waals surface area contributed by atoms with Gasteiger partial charge in [-0.05, 0) is 79.9 Å². The molecule has 164 valence electrons. The molecule has 0 bridgehead atoms. The van der Waals surface area contributed by atoms with Crippen LogP contribution in [0.15, 0.2) is 24.3 Å². The number of rotatable bonds is 8. The fourth-order valence-electron chi connectivity index (χ4n) is 5.67. The highest BCUT2D eigenvalue weighted by atomic mass is 19.4. The highest BCUT2D eigenvalue weighted by Gasteiger charge is 2.32. The van der Waals surface area contributed by atoms with Crippen molar-refractivity contribution in [3.05, 3.63) is 29.8 Å². The van der Waals surface area contributed by atoms with Gasteiger partial charge in [0.2, 0.25) is 0 Å². The highest BCUT2D eigenvalue weighted by Crippen LogP contribution is 2.44. The Hall–Kier alpha value is -1.19. The van der Waals surface area contributed by atoms with Crippen LogP contribution in [0.5, 0.6) is 5.75 Å². The third-order valence-corrected chi connectivity index (χ3v) is 7.38. The Kier molecular flexibility index (Phi) is 8.32. The summed E-state index contributed by atoms with van der Waals surface area (Å²) in [4.78, 5) is 0. The predicted molar refractivity (Wildman–Crippen MR) is 112 cm³/mol. The molecule has 0 spiro atoms. The Balaban J connectivity index is 1.38. The second kappa shape index (κ2) is 10.7. The number of ether oxygens (including phenoxy) is 1. The quantitative estimate of drug-likeness (QED) is 0.390. The first-order valence-electron chi connectivity index (χ1n) is 11.8. The molecule has 0 atom stereocenters. The van der Waals surface area contributed by atoms with Crippen molar-refractivity contribution in [2.24, 2.45) is 17.8 Å². The van der Waals surface area contributed by atoms with Gasteiger partial charge in [0.15, 0.2) is 0 Å². The summed E-state index contributed by atoms with van der Waals surface area (Å²) in [7, 11) is 0. The molecule has 1 nitrogen and oxygen atoms in total. The van der Waals surface area contributed by atoms with Gasteiger partial charge in [0.1, 0.15) is 5.75 Å². The van der Waals surface area contributed by atoms with Crippen molar-refractivity contribution in [1.82, 2.24) is 0 Å². The van der Waals surface area contributed by atoms with Crippen molar-refractivity contribution in [2.45, 2.75) is 103 Å². The summed E-state index contributed by atoms with van der Waals surface area (Å²) >= 11 is 0. The van der Waals surface area contributed by atoms with Crippen LogP contribution in [0.3, 0.4) is 0 Å². The molecule has 4 heteroatoms. The van der Waals surface area contributed by atoms with E-state index >= 15 is 0 Å². The van der Waals surface area contributed by atoms with Gasteiger partial charge in [-0.3, -0.25) is 0 Å². The Bertz CT molecular complexity index is 579. The number of alkyl halides is 3. The van der Waals surface area contributed by atoms with E-state index in [9.17, 15) is 13.2 Å². The predicted octanol–water partition coefficient (Wildman–Crippen LogP) is 8.64. The fraction of sp³-hybridized carbons (Fsp3) is 0.760. The molecule has 29 heavy (non-hydrogen) atoms. The summed E-state index contributed by atoms with van der Waals surface area (Å²) in [6.45, 7) is 2.28. The zero-order valence-electron chi connectivity index (χ0n) is 17.9. The molecule has 2 aliphatic rings. The standard InChI is InChI=1S/C25H37F3O/c1-2-3-4-5-6-19-7-9-20(10-8-19)21-11-13-22(14-12-21)23-15-17-24(18-16-23)29-25(26,27)28/h15-22H,2-14H2,1H3. The largest absolute Gasteiger partial charge is 0.573 e. The van der Waals surface area contributed by atoms with Crippen molar-refractivity contribution >= 4 is 0 Å². The van der Waals surface area contributed by atoms with E-state index in [4.69, 9.17) is 0 Å². The first kappa shape index (κ1) is 22.5. The summed E-state index contributed by atoms with van der Waals surface area (Å²) < 4.78 is 40.9. The normalized spacial score (nSPS) is 28.3. The molecule has 0 saturated heterocycles. The Morgan fingerprint density at radius 3 is 1.93 bits per heavy atom. The summed E-state index contributed by atoms with van der Waals surface area (Å²) in [5, 5.41) is 0. The van der Waals surface area contributed by atoms with Gasteiger partial charge in [-0.15, -0.1) is 13.2 Å². The van der Waals surface area contributed by atoms with Crippen LogP contribution in [0.4, 0.5) is 13.2 Å². The molecule has 2 saturated carbocycles. The Labute approximate surface area is 174 Å². The van der Waals surface area contributed by atoms with E-state index in [0.717, 1.165) is 23.3 Å². The number of unbranched alkanes of at least 4 members (excludes halogenated alkanes) is 3. The molecule has 0 amide bonds. The smallest absolute Gasteiger partial charge is 0.406 e. The average Bonchev–Trinajstić information content (AvgIpc) is 2.71. The van der Waals surface area contributed by atoms with Gasteiger partial charge in [0.05, 0.1) is 0 Å². The maximum Gasteiger partial charge on any atom is 0.573 e. The molecule has 0 aromatic heterocycles. The van der Waals surface area contributed by atoms with Crippen LogP contribution in [-0.4, -0.2) is 6.36 Å². The van der Waals surface area contributed by atoms with Gasteiger partial charge in [-0.1, -0.05) is 64.0 Å². The highest BCUT2D eigenvalue weighted by molar-refractivity contribution is 5.29. The van der Waals surface area contributed by atoms with E-state index < -0.39 is 6.36 Å². The van der Waals surface area contributed by atoms with Crippen LogP contribution >= 0.6 is 0 Å². The molecular formula is C25H37F3O. The van der Waals surface area contributed by atoms with Gasteiger partial charge in [-0.25, -0.2) is 0 Å². The van der Waals surface area contributed by atoms with Gasteiger partial charge in [0.25, 0.3) is 0 Å². The summed E-state index contributed by atoms with van der Waals surface area (Å²) in [6.07, 6.45) is 12.9. The maximum atomic E-state index is 12.3. The monoisotopic (exact) mass is 410 g/mol. The number of hydrogen-bond acceptors (Lipinski definition) is 1. The lowest BCUT2D eigenvalue weighted by atomic mass is 9.68. The minimum atomic E-state index is -4.62. The van der Waals surface area contributed by atoms with Crippen LogP contribution in [0.2, 0.25) is 0 Å². The molecule has 0 radical (unpaired) electrons. The van der Waals surface area contributed by atoms with E-state index in [2.05, 4.69) is 11.7 Å². The van der Waals surface area contributed by atoms with E-state index in [0.29, 0.717) is 5.92 Å². The molecule has 2 fully saturated rings. The van der Waals surface area contributed by atoms with Crippen molar-refractivity contribution in [2.75, 3.05) is 0 Å². The zero-order valence-corrected chi connectivity index (χ0v) is 17.9. The van der Waals surface area contributed by atoms with Crippen LogP contribution in [0.1, 0.15) is 102 Å². The topological polar surface area (TPSA) is 9.23 Å². The summed E-state index contributed by atoms with van der Waals surface area (Å²) in [5.74, 6) is 3.10. The molecule has 0 N–H and O–H groups in total. The summed E-state index contributed by atoms with van der Waals surface area (Å²) in [5.41, 5.74) is 1.16. The van der Waals surface area contributed by atoms with E-state index in [1.807, 2.05) is 12.1 Å². The van der Waals surface area contributed by atoms with Crippen LogP contribution in [0.25, 0.3) is 0 Å². The van der Waals surface area contributed by atoms with Gasteiger partial charge in [-0.2, -0.15) is 0 Å². The van der Waals surface area contributed by atoms with E-state index in [1.165, 1.54) is 95.6 Å². The van der Waals surface area contributed by atoms with Crippen molar-refractivity contribution in [1.29, 1.82) is 0 Å². The van der Waals surface area contributed by atoms with Gasteiger partial charge in [0, 0.05) is 0 Å². The lowest BCUT2D eigenvalue weighted by Crippen LogP contribution is -2.25. The first-order chi connectivity index (χ1) is 13.9. The van der Waals surface area contributed by atoms with Crippen molar-refractivity contribution in [3.63, 3.8) is 0 Å². The van der Waals surface area contributed by atoms with E-state index in [-0.39, 0.29) is 5.75 Å². The van der Waals surface area contributed by atoms with Gasteiger partial charge < -0.3 is 4.74 Å².